The lowest BCUT2D eigenvalue weighted by Crippen LogP contribution is -2.35. The van der Waals surface area contributed by atoms with E-state index in [4.69, 9.17) is 10.3 Å². The van der Waals surface area contributed by atoms with Crippen molar-refractivity contribution < 1.29 is 14.0 Å². The maximum Gasteiger partial charge on any atom is 0.301 e. The fourth-order valence-corrected chi connectivity index (χ4v) is 1.99. The third kappa shape index (κ3) is 3.82. The lowest BCUT2D eigenvalue weighted by Gasteiger charge is -2.14. The minimum absolute atomic E-state index is 0.0122. The van der Waals surface area contributed by atoms with E-state index in [1.165, 1.54) is 0 Å². The first kappa shape index (κ1) is 14.5. The van der Waals surface area contributed by atoms with Crippen LogP contribution in [0.2, 0.25) is 0 Å². The minimum atomic E-state index is -0.456. The van der Waals surface area contributed by atoms with Crippen molar-refractivity contribution in [3.8, 4) is 0 Å². The van der Waals surface area contributed by atoms with Crippen molar-refractivity contribution in [3.63, 3.8) is 0 Å². The standard InChI is InChI=1S/C13H20N4O3/c1-8-5-10(20-12(8)13(19)16-14)6-17(2)7-11(18)15-9-3-4-9/h5,9H,3-4,6-7,14H2,1-2H3,(H,15,18)(H,16,19). The normalized spacial score (nSPS) is 14.4. The first-order valence-corrected chi connectivity index (χ1v) is 6.57. The van der Waals surface area contributed by atoms with E-state index in [2.05, 4.69) is 5.32 Å². The van der Waals surface area contributed by atoms with Crippen LogP contribution in [0.25, 0.3) is 0 Å². The van der Waals surface area contributed by atoms with Crippen LogP contribution in [0.4, 0.5) is 0 Å². The van der Waals surface area contributed by atoms with Crippen molar-refractivity contribution in [2.45, 2.75) is 32.4 Å². The van der Waals surface area contributed by atoms with Crippen LogP contribution in [0.1, 0.15) is 34.7 Å². The summed E-state index contributed by atoms with van der Waals surface area (Å²) in [5.41, 5.74) is 2.76. The number of nitrogen functional groups attached to an aromatic ring is 1. The highest BCUT2D eigenvalue weighted by atomic mass is 16.4. The number of amides is 2. The number of likely N-dealkylation sites (N-methyl/N-ethyl adjacent to an activating group) is 1. The smallest absolute Gasteiger partial charge is 0.301 e. The number of hydrogen-bond donors (Lipinski definition) is 3. The molecule has 1 heterocycles. The molecule has 2 rings (SSSR count). The van der Waals surface area contributed by atoms with Crippen LogP contribution in [-0.4, -0.2) is 36.3 Å². The van der Waals surface area contributed by atoms with E-state index in [0.717, 1.165) is 18.4 Å². The van der Waals surface area contributed by atoms with Gasteiger partial charge in [-0.05, 0) is 32.9 Å². The topological polar surface area (TPSA) is 101 Å². The van der Waals surface area contributed by atoms with Gasteiger partial charge in [-0.15, -0.1) is 0 Å². The molecular weight excluding hydrogens is 260 g/mol. The number of hydrogen-bond acceptors (Lipinski definition) is 5. The van der Waals surface area contributed by atoms with Gasteiger partial charge in [-0.2, -0.15) is 0 Å². The summed E-state index contributed by atoms with van der Waals surface area (Å²) < 4.78 is 5.45. The molecule has 110 valence electrons. The van der Waals surface area contributed by atoms with Crippen molar-refractivity contribution in [1.82, 2.24) is 15.6 Å². The summed E-state index contributed by atoms with van der Waals surface area (Å²) in [6, 6.07) is 2.14. The molecule has 1 saturated carbocycles. The molecule has 0 aromatic carbocycles. The van der Waals surface area contributed by atoms with Crippen LogP contribution >= 0.6 is 0 Å². The van der Waals surface area contributed by atoms with Gasteiger partial charge in [0.2, 0.25) is 5.91 Å². The Morgan fingerprint density at radius 3 is 2.80 bits per heavy atom. The zero-order chi connectivity index (χ0) is 14.7. The van der Waals surface area contributed by atoms with E-state index in [1.807, 2.05) is 17.4 Å². The zero-order valence-corrected chi connectivity index (χ0v) is 11.7. The average Bonchev–Trinajstić information content (AvgIpc) is 3.10. The molecule has 1 fully saturated rings. The van der Waals surface area contributed by atoms with E-state index in [1.54, 1.807) is 13.0 Å². The molecule has 20 heavy (non-hydrogen) atoms. The molecule has 1 aliphatic rings. The molecule has 1 aliphatic carbocycles. The molecule has 1 aromatic heterocycles. The Labute approximate surface area is 117 Å². The van der Waals surface area contributed by atoms with E-state index in [-0.39, 0.29) is 11.7 Å². The Hall–Kier alpha value is -1.86. The monoisotopic (exact) mass is 280 g/mol. The van der Waals surface area contributed by atoms with Crippen LogP contribution in [0, 0.1) is 6.92 Å². The van der Waals surface area contributed by atoms with Crippen molar-refractivity contribution in [1.29, 1.82) is 0 Å². The van der Waals surface area contributed by atoms with Gasteiger partial charge in [0.15, 0.2) is 5.76 Å². The van der Waals surface area contributed by atoms with Gasteiger partial charge >= 0.3 is 5.91 Å². The van der Waals surface area contributed by atoms with Crippen molar-refractivity contribution in [2.24, 2.45) is 5.84 Å². The Morgan fingerprint density at radius 2 is 2.20 bits per heavy atom. The number of carbonyl (C=O) groups is 2. The second kappa shape index (κ2) is 6.06. The van der Waals surface area contributed by atoms with E-state index >= 15 is 0 Å². The summed E-state index contributed by atoms with van der Waals surface area (Å²) >= 11 is 0. The summed E-state index contributed by atoms with van der Waals surface area (Å²) in [4.78, 5) is 24.9. The van der Waals surface area contributed by atoms with Gasteiger partial charge < -0.3 is 9.73 Å². The van der Waals surface area contributed by atoms with Gasteiger partial charge in [-0.25, -0.2) is 5.84 Å². The summed E-state index contributed by atoms with van der Waals surface area (Å²) in [6.07, 6.45) is 2.15. The number of nitrogens with two attached hydrogens (primary N) is 1. The lowest BCUT2D eigenvalue weighted by atomic mass is 10.2. The van der Waals surface area contributed by atoms with Crippen molar-refractivity contribution in [3.05, 3.63) is 23.2 Å². The summed E-state index contributed by atoms with van der Waals surface area (Å²) in [6.45, 7) is 2.53. The number of rotatable bonds is 6. The first-order chi connectivity index (χ1) is 9.49. The number of carbonyl (C=O) groups excluding carboxylic acids is 2. The molecule has 0 saturated heterocycles. The molecule has 0 unspecified atom stereocenters. The SMILES string of the molecule is Cc1cc(CN(C)CC(=O)NC2CC2)oc1C(=O)NN. The maximum atomic E-state index is 11.7. The van der Waals surface area contributed by atoms with Gasteiger partial charge in [0.05, 0.1) is 13.1 Å². The molecule has 4 N–H and O–H groups in total. The van der Waals surface area contributed by atoms with Crippen LogP contribution in [0.5, 0.6) is 0 Å². The van der Waals surface area contributed by atoms with Crippen molar-refractivity contribution >= 4 is 11.8 Å². The first-order valence-electron chi connectivity index (χ1n) is 6.57. The van der Waals surface area contributed by atoms with Gasteiger partial charge in [-0.1, -0.05) is 0 Å². The van der Waals surface area contributed by atoms with Gasteiger partial charge in [-0.3, -0.25) is 19.9 Å². The maximum absolute atomic E-state index is 11.7. The summed E-state index contributed by atoms with van der Waals surface area (Å²) in [7, 11) is 1.83. The molecule has 7 nitrogen and oxygen atoms in total. The number of furan rings is 1. The molecule has 0 aliphatic heterocycles. The predicted molar refractivity (Wildman–Crippen MR) is 72.6 cm³/mol. The lowest BCUT2D eigenvalue weighted by molar-refractivity contribution is -0.122. The fourth-order valence-electron chi connectivity index (χ4n) is 1.99. The van der Waals surface area contributed by atoms with Crippen molar-refractivity contribution in [2.75, 3.05) is 13.6 Å². The van der Waals surface area contributed by atoms with Gasteiger partial charge in [0, 0.05) is 11.6 Å². The Balaban J connectivity index is 1.88. The highest BCUT2D eigenvalue weighted by Crippen LogP contribution is 2.18. The third-order valence-corrected chi connectivity index (χ3v) is 3.09. The molecular formula is C13H20N4O3. The summed E-state index contributed by atoms with van der Waals surface area (Å²) in [5.74, 6) is 5.47. The summed E-state index contributed by atoms with van der Waals surface area (Å²) in [5, 5.41) is 2.92. The van der Waals surface area contributed by atoms with E-state index in [9.17, 15) is 9.59 Å². The molecule has 0 radical (unpaired) electrons. The predicted octanol–water partition coefficient (Wildman–Crippen LogP) is -0.0981. The van der Waals surface area contributed by atoms with Crippen LogP contribution < -0.4 is 16.6 Å². The second-order valence-electron chi connectivity index (χ2n) is 5.21. The zero-order valence-electron chi connectivity index (χ0n) is 11.7. The van der Waals surface area contributed by atoms with Crippen LogP contribution in [-0.2, 0) is 11.3 Å². The Kier molecular flexibility index (Phi) is 4.41. The molecule has 1 aromatic rings. The fraction of sp³-hybridized carbons (Fsp3) is 0.538. The van der Waals surface area contributed by atoms with Crippen LogP contribution in [0.15, 0.2) is 10.5 Å². The molecule has 2 amide bonds. The second-order valence-corrected chi connectivity index (χ2v) is 5.21. The highest BCUT2D eigenvalue weighted by Gasteiger charge is 2.23. The number of nitrogens with one attached hydrogen (secondary N) is 2. The quantitative estimate of drug-likeness (QED) is 0.384. The molecule has 0 bridgehead atoms. The third-order valence-electron chi connectivity index (χ3n) is 3.09. The Bertz CT molecular complexity index is 508. The highest BCUT2D eigenvalue weighted by molar-refractivity contribution is 5.92. The number of hydrazine groups is 1. The van der Waals surface area contributed by atoms with E-state index < -0.39 is 5.91 Å². The molecule has 0 spiro atoms. The molecule has 0 atom stereocenters. The van der Waals surface area contributed by atoms with Gasteiger partial charge in [0.1, 0.15) is 5.76 Å². The van der Waals surface area contributed by atoms with E-state index in [0.29, 0.717) is 24.9 Å². The molecule has 7 heteroatoms. The minimum Gasteiger partial charge on any atom is -0.454 e. The number of nitrogens with zero attached hydrogens (tertiary/aromatic N) is 1. The largest absolute Gasteiger partial charge is 0.454 e. The van der Waals surface area contributed by atoms with Crippen LogP contribution in [0.3, 0.4) is 0 Å². The van der Waals surface area contributed by atoms with Gasteiger partial charge in [0.25, 0.3) is 0 Å². The Morgan fingerprint density at radius 1 is 1.50 bits per heavy atom. The average molecular weight is 280 g/mol. The number of aryl methyl sites for hydroxylation is 1.